The summed E-state index contributed by atoms with van der Waals surface area (Å²) in [5.41, 5.74) is 3.32. The number of fused-ring (bicyclic) bond motifs is 1. The third kappa shape index (κ3) is 2.68. The number of ether oxygens (including phenoxy) is 1. The van der Waals surface area contributed by atoms with Crippen LogP contribution in [0.3, 0.4) is 0 Å². The van der Waals surface area contributed by atoms with Gasteiger partial charge in [0.15, 0.2) is 5.78 Å². The normalized spacial score (nSPS) is 36.9. The highest BCUT2D eigenvalue weighted by Crippen LogP contribution is 2.45. The summed E-state index contributed by atoms with van der Waals surface area (Å²) in [7, 11) is 0. The topological polar surface area (TPSA) is 29.6 Å². The summed E-state index contributed by atoms with van der Waals surface area (Å²) in [6.07, 6.45) is 5.91. The first-order valence-corrected chi connectivity index (χ1v) is 6.45. The van der Waals surface area contributed by atoms with Crippen LogP contribution in [0, 0.1) is 0 Å². The lowest BCUT2D eigenvalue weighted by Gasteiger charge is -2.12. The van der Waals surface area contributed by atoms with E-state index in [1.807, 2.05) is 13.8 Å². The largest absolute Gasteiger partial charge is 0.366 e. The summed E-state index contributed by atoms with van der Waals surface area (Å²) in [4.78, 5) is 12.2. The molecule has 94 valence electrons. The van der Waals surface area contributed by atoms with Gasteiger partial charge in [0.2, 0.25) is 0 Å². The van der Waals surface area contributed by atoms with Crippen molar-refractivity contribution in [3.63, 3.8) is 0 Å². The highest BCUT2D eigenvalue weighted by molar-refractivity contribution is 5.97. The molecule has 2 rings (SSSR count). The van der Waals surface area contributed by atoms with Gasteiger partial charge in [-0.15, -0.1) is 0 Å². The van der Waals surface area contributed by atoms with Gasteiger partial charge in [-0.25, -0.2) is 0 Å². The van der Waals surface area contributed by atoms with Gasteiger partial charge in [-0.05, 0) is 46.1 Å². The minimum absolute atomic E-state index is 0.00903. The van der Waals surface area contributed by atoms with Crippen molar-refractivity contribution in [3.8, 4) is 0 Å². The second kappa shape index (κ2) is 4.41. The summed E-state index contributed by atoms with van der Waals surface area (Å²) < 4.78 is 5.78. The Labute approximate surface area is 104 Å². The zero-order valence-corrected chi connectivity index (χ0v) is 11.3. The third-order valence-corrected chi connectivity index (χ3v) is 3.94. The fourth-order valence-corrected chi connectivity index (χ4v) is 2.59. The number of hydrogen-bond donors (Lipinski definition) is 0. The molecule has 1 saturated heterocycles. The van der Waals surface area contributed by atoms with E-state index in [-0.39, 0.29) is 17.5 Å². The molecule has 1 aliphatic carbocycles. The van der Waals surface area contributed by atoms with E-state index in [2.05, 4.69) is 19.9 Å². The Morgan fingerprint density at radius 1 is 1.47 bits per heavy atom. The van der Waals surface area contributed by atoms with E-state index in [1.165, 1.54) is 5.57 Å². The number of ketones is 1. The van der Waals surface area contributed by atoms with Crippen LogP contribution in [0.25, 0.3) is 0 Å². The summed E-state index contributed by atoms with van der Waals surface area (Å²) in [5.74, 6) is 0.276. The van der Waals surface area contributed by atoms with Crippen LogP contribution in [-0.4, -0.2) is 17.5 Å². The molecule has 0 N–H and O–H groups in total. The van der Waals surface area contributed by atoms with Gasteiger partial charge in [0, 0.05) is 12.8 Å². The molecular weight excluding hydrogens is 212 g/mol. The molecule has 0 aromatic carbocycles. The van der Waals surface area contributed by atoms with Crippen molar-refractivity contribution in [3.05, 3.63) is 22.8 Å². The molecule has 0 radical (unpaired) electrons. The number of hydrogen-bond acceptors (Lipinski definition) is 2. The van der Waals surface area contributed by atoms with Crippen LogP contribution in [0.1, 0.15) is 53.4 Å². The first-order chi connectivity index (χ1) is 7.92. The summed E-state index contributed by atoms with van der Waals surface area (Å²) >= 11 is 0. The van der Waals surface area contributed by atoms with Crippen LogP contribution in [0.4, 0.5) is 0 Å². The van der Waals surface area contributed by atoms with E-state index in [9.17, 15) is 4.79 Å². The fourth-order valence-electron chi connectivity index (χ4n) is 2.59. The molecule has 2 heteroatoms. The van der Waals surface area contributed by atoms with Crippen LogP contribution in [0.2, 0.25) is 0 Å². The monoisotopic (exact) mass is 234 g/mol. The van der Waals surface area contributed by atoms with Crippen molar-refractivity contribution in [1.29, 1.82) is 0 Å². The number of carbonyl (C=O) groups is 1. The molecule has 2 nitrogen and oxygen atoms in total. The SMILES string of the molecule is CC(C)=C1C[C@H]2O[C@]2(C)CC/C=C(\C)CC1=O. The van der Waals surface area contributed by atoms with E-state index in [1.54, 1.807) is 0 Å². The molecule has 2 atom stereocenters. The van der Waals surface area contributed by atoms with Crippen molar-refractivity contribution < 1.29 is 9.53 Å². The molecule has 0 aromatic heterocycles. The minimum Gasteiger partial charge on any atom is -0.366 e. The van der Waals surface area contributed by atoms with Gasteiger partial charge in [-0.3, -0.25) is 4.79 Å². The van der Waals surface area contributed by atoms with Crippen molar-refractivity contribution >= 4 is 5.78 Å². The highest BCUT2D eigenvalue weighted by atomic mass is 16.6. The maximum Gasteiger partial charge on any atom is 0.162 e. The minimum atomic E-state index is 0.00903. The van der Waals surface area contributed by atoms with Crippen LogP contribution in [0.15, 0.2) is 22.8 Å². The zero-order valence-electron chi connectivity index (χ0n) is 11.3. The van der Waals surface area contributed by atoms with Gasteiger partial charge >= 0.3 is 0 Å². The Kier molecular flexibility index (Phi) is 3.26. The van der Waals surface area contributed by atoms with Crippen molar-refractivity contribution in [2.75, 3.05) is 0 Å². The Morgan fingerprint density at radius 2 is 2.18 bits per heavy atom. The Bertz CT molecular complexity index is 399. The molecule has 1 fully saturated rings. The molecule has 0 aromatic rings. The van der Waals surface area contributed by atoms with Crippen LogP contribution in [-0.2, 0) is 9.53 Å². The predicted molar refractivity (Wildman–Crippen MR) is 68.9 cm³/mol. The number of carbonyl (C=O) groups excluding carboxylic acids is 1. The third-order valence-electron chi connectivity index (χ3n) is 3.94. The van der Waals surface area contributed by atoms with E-state index in [0.29, 0.717) is 6.42 Å². The quantitative estimate of drug-likeness (QED) is 0.364. The summed E-state index contributed by atoms with van der Waals surface area (Å²) in [5, 5.41) is 0. The van der Waals surface area contributed by atoms with E-state index < -0.39 is 0 Å². The van der Waals surface area contributed by atoms with Crippen molar-refractivity contribution in [1.82, 2.24) is 0 Å². The van der Waals surface area contributed by atoms with Gasteiger partial charge in [0.05, 0.1) is 11.7 Å². The number of Topliss-reactive ketones (excluding diaryl/α,β-unsaturated/α-hetero) is 1. The first-order valence-electron chi connectivity index (χ1n) is 6.45. The van der Waals surface area contributed by atoms with Crippen LogP contribution < -0.4 is 0 Å². The Balaban J connectivity index is 2.25. The van der Waals surface area contributed by atoms with Crippen LogP contribution >= 0.6 is 0 Å². The second-order valence-corrected chi connectivity index (χ2v) is 5.79. The van der Waals surface area contributed by atoms with Crippen molar-refractivity contribution in [2.24, 2.45) is 0 Å². The summed E-state index contributed by atoms with van der Waals surface area (Å²) in [6, 6.07) is 0. The number of rotatable bonds is 0. The molecular formula is C15H22O2. The lowest BCUT2D eigenvalue weighted by Crippen LogP contribution is -2.15. The lowest BCUT2D eigenvalue weighted by molar-refractivity contribution is -0.115. The van der Waals surface area contributed by atoms with Crippen LogP contribution in [0.5, 0.6) is 0 Å². The van der Waals surface area contributed by atoms with Gasteiger partial charge in [-0.1, -0.05) is 17.2 Å². The maximum atomic E-state index is 12.2. The van der Waals surface area contributed by atoms with Gasteiger partial charge in [-0.2, -0.15) is 0 Å². The van der Waals surface area contributed by atoms with Gasteiger partial charge < -0.3 is 4.74 Å². The zero-order chi connectivity index (χ0) is 12.6. The standard InChI is InChI=1S/C15H22O2/c1-10(2)12-9-14-15(4,17-14)7-5-6-11(3)8-13(12)16/h6,14H,5,7-9H2,1-4H3/b11-6+/t14-,15-/m1/s1. The fraction of sp³-hybridized carbons (Fsp3) is 0.667. The molecule has 2 aliphatic rings. The maximum absolute atomic E-state index is 12.2. The summed E-state index contributed by atoms with van der Waals surface area (Å²) in [6.45, 7) is 8.26. The molecule has 17 heavy (non-hydrogen) atoms. The van der Waals surface area contributed by atoms with Crippen molar-refractivity contribution in [2.45, 2.75) is 65.1 Å². The molecule has 1 heterocycles. The average molecular weight is 234 g/mol. The molecule has 0 saturated carbocycles. The molecule has 0 spiro atoms. The first kappa shape index (κ1) is 12.6. The Hall–Kier alpha value is -0.890. The number of epoxide rings is 1. The van der Waals surface area contributed by atoms with E-state index in [0.717, 1.165) is 30.4 Å². The predicted octanol–water partition coefficient (Wildman–Crippen LogP) is 3.57. The van der Waals surface area contributed by atoms with Gasteiger partial charge in [0.1, 0.15) is 0 Å². The molecule has 0 unspecified atom stereocenters. The lowest BCUT2D eigenvalue weighted by atomic mass is 9.89. The smallest absolute Gasteiger partial charge is 0.162 e. The van der Waals surface area contributed by atoms with E-state index in [4.69, 9.17) is 4.74 Å². The molecule has 1 aliphatic heterocycles. The Morgan fingerprint density at radius 3 is 2.82 bits per heavy atom. The van der Waals surface area contributed by atoms with Gasteiger partial charge in [0.25, 0.3) is 0 Å². The molecule has 0 bridgehead atoms. The second-order valence-electron chi connectivity index (χ2n) is 5.79. The number of allylic oxidation sites excluding steroid dienone is 3. The average Bonchev–Trinajstić information content (AvgIpc) is 2.84. The highest BCUT2D eigenvalue weighted by Gasteiger charge is 2.51. The molecule has 0 amide bonds. The van der Waals surface area contributed by atoms with E-state index >= 15 is 0 Å².